The number of hydrogen-bond acceptors (Lipinski definition) is 4. The lowest BCUT2D eigenvalue weighted by Crippen LogP contribution is -2.51. The van der Waals surface area contributed by atoms with Crippen LogP contribution in [-0.2, 0) is 11.2 Å². The van der Waals surface area contributed by atoms with Crippen molar-refractivity contribution in [2.45, 2.75) is 39.2 Å². The summed E-state index contributed by atoms with van der Waals surface area (Å²) < 4.78 is 5.50. The van der Waals surface area contributed by atoms with Gasteiger partial charge in [-0.15, -0.1) is 0 Å². The first-order chi connectivity index (χ1) is 13.1. The van der Waals surface area contributed by atoms with Crippen molar-refractivity contribution >= 4 is 5.96 Å². The molecule has 0 saturated carbocycles. The van der Waals surface area contributed by atoms with Crippen LogP contribution in [0.15, 0.2) is 29.3 Å². The number of aryl methyl sites for hydroxylation is 1. The van der Waals surface area contributed by atoms with Crippen molar-refractivity contribution in [2.75, 3.05) is 46.4 Å². The summed E-state index contributed by atoms with van der Waals surface area (Å²) in [6.45, 7) is 10.0. The number of benzene rings is 1. The van der Waals surface area contributed by atoms with Crippen molar-refractivity contribution in [3.63, 3.8) is 0 Å². The van der Waals surface area contributed by atoms with Crippen molar-refractivity contribution < 1.29 is 9.84 Å². The van der Waals surface area contributed by atoms with Gasteiger partial charge in [-0.3, -0.25) is 9.89 Å². The molecule has 1 heterocycles. The Labute approximate surface area is 164 Å². The summed E-state index contributed by atoms with van der Waals surface area (Å²) in [7, 11) is 1.82. The number of nitrogens with one attached hydrogen (secondary N) is 2. The van der Waals surface area contributed by atoms with Crippen molar-refractivity contribution in [3.05, 3.63) is 29.8 Å². The van der Waals surface area contributed by atoms with Gasteiger partial charge in [0.2, 0.25) is 0 Å². The molecule has 0 radical (unpaired) electrons. The van der Waals surface area contributed by atoms with Gasteiger partial charge >= 0.3 is 0 Å². The monoisotopic (exact) mass is 376 g/mol. The number of phenolic OH excluding ortho intramolecular Hbond substituents is 1. The largest absolute Gasteiger partial charge is 0.508 e. The summed E-state index contributed by atoms with van der Waals surface area (Å²) in [5.74, 6) is 1.85. The van der Waals surface area contributed by atoms with E-state index in [0.717, 1.165) is 58.2 Å². The maximum absolute atomic E-state index is 9.34. The Hall–Kier alpha value is -1.79. The number of rotatable bonds is 9. The quantitative estimate of drug-likeness (QED) is 0.350. The summed E-state index contributed by atoms with van der Waals surface area (Å²) in [5.41, 5.74) is 1.24. The molecule has 27 heavy (non-hydrogen) atoms. The standard InChI is InChI=1S/C21H36N4O2/c1-17(2)15-19(25-11-13-27-14-12-25)16-24-21(22-3)23-10-4-5-18-6-8-20(26)9-7-18/h6-9,17,19,26H,4-5,10-16H2,1-3H3,(H2,22,23,24). The van der Waals surface area contributed by atoms with Crippen LogP contribution in [0.25, 0.3) is 0 Å². The molecular formula is C21H36N4O2. The molecule has 2 rings (SSSR count). The number of nitrogens with zero attached hydrogens (tertiary/aromatic N) is 2. The first-order valence-electron chi connectivity index (χ1n) is 10.1. The van der Waals surface area contributed by atoms with E-state index in [9.17, 15) is 5.11 Å². The van der Waals surface area contributed by atoms with Gasteiger partial charge in [0.05, 0.1) is 13.2 Å². The second-order valence-electron chi connectivity index (χ2n) is 7.58. The smallest absolute Gasteiger partial charge is 0.191 e. The summed E-state index contributed by atoms with van der Waals surface area (Å²) in [5, 5.41) is 16.2. The molecule has 6 heteroatoms. The minimum Gasteiger partial charge on any atom is -0.508 e. The van der Waals surface area contributed by atoms with Crippen LogP contribution in [0.1, 0.15) is 32.3 Å². The SMILES string of the molecule is CN=C(NCCCc1ccc(O)cc1)NCC(CC(C)C)N1CCOCC1. The number of aromatic hydroxyl groups is 1. The third kappa shape index (κ3) is 8.18. The van der Waals surface area contributed by atoms with E-state index >= 15 is 0 Å². The lowest BCUT2D eigenvalue weighted by Gasteiger charge is -2.35. The highest BCUT2D eigenvalue weighted by molar-refractivity contribution is 5.79. The molecule has 1 unspecified atom stereocenters. The maximum Gasteiger partial charge on any atom is 0.191 e. The zero-order chi connectivity index (χ0) is 19.5. The third-order valence-corrected chi connectivity index (χ3v) is 4.91. The fourth-order valence-electron chi connectivity index (χ4n) is 3.45. The van der Waals surface area contributed by atoms with Crippen LogP contribution >= 0.6 is 0 Å². The van der Waals surface area contributed by atoms with Gasteiger partial charge in [0.15, 0.2) is 5.96 Å². The van der Waals surface area contributed by atoms with E-state index in [1.54, 1.807) is 12.1 Å². The van der Waals surface area contributed by atoms with Gasteiger partial charge in [-0.1, -0.05) is 26.0 Å². The van der Waals surface area contributed by atoms with Gasteiger partial charge in [-0.05, 0) is 42.9 Å². The normalized spacial score (nSPS) is 17.1. The van der Waals surface area contributed by atoms with Gasteiger partial charge in [-0.2, -0.15) is 0 Å². The second-order valence-corrected chi connectivity index (χ2v) is 7.58. The van der Waals surface area contributed by atoms with Crippen LogP contribution in [0, 0.1) is 5.92 Å². The Morgan fingerprint density at radius 2 is 1.89 bits per heavy atom. The molecule has 1 aromatic rings. The Balaban J connectivity index is 1.72. The van der Waals surface area contributed by atoms with Crippen LogP contribution < -0.4 is 10.6 Å². The van der Waals surface area contributed by atoms with E-state index in [1.165, 1.54) is 12.0 Å². The van der Waals surface area contributed by atoms with E-state index < -0.39 is 0 Å². The molecule has 1 aliphatic heterocycles. The molecule has 0 bridgehead atoms. The predicted octanol–water partition coefficient (Wildman–Crippen LogP) is 2.24. The number of ether oxygens (including phenoxy) is 1. The molecule has 152 valence electrons. The van der Waals surface area contributed by atoms with Crippen LogP contribution in [-0.4, -0.2) is 68.4 Å². The average Bonchev–Trinajstić information content (AvgIpc) is 2.68. The summed E-state index contributed by atoms with van der Waals surface area (Å²) >= 11 is 0. The predicted molar refractivity (Wildman–Crippen MR) is 111 cm³/mol. The van der Waals surface area contributed by atoms with Crippen LogP contribution in [0.5, 0.6) is 5.75 Å². The molecule has 3 N–H and O–H groups in total. The van der Waals surface area contributed by atoms with Crippen molar-refractivity contribution in [3.8, 4) is 5.75 Å². The van der Waals surface area contributed by atoms with Crippen molar-refractivity contribution in [1.82, 2.24) is 15.5 Å². The maximum atomic E-state index is 9.34. The zero-order valence-electron chi connectivity index (χ0n) is 17.1. The molecule has 1 aliphatic rings. The Morgan fingerprint density at radius 3 is 2.52 bits per heavy atom. The van der Waals surface area contributed by atoms with Gasteiger partial charge in [-0.25, -0.2) is 0 Å². The van der Waals surface area contributed by atoms with Gasteiger partial charge in [0.1, 0.15) is 5.75 Å². The van der Waals surface area contributed by atoms with Crippen molar-refractivity contribution in [2.24, 2.45) is 10.9 Å². The summed E-state index contributed by atoms with van der Waals surface area (Å²) in [6, 6.07) is 7.93. The van der Waals surface area contributed by atoms with Crippen LogP contribution in [0.2, 0.25) is 0 Å². The topological polar surface area (TPSA) is 69.1 Å². The molecule has 6 nitrogen and oxygen atoms in total. The summed E-state index contributed by atoms with van der Waals surface area (Å²) in [4.78, 5) is 6.89. The average molecular weight is 377 g/mol. The molecule has 1 atom stereocenters. The Bertz CT molecular complexity index is 554. The highest BCUT2D eigenvalue weighted by Gasteiger charge is 2.22. The second kappa shape index (κ2) is 11.8. The Kier molecular flexibility index (Phi) is 9.42. The molecule has 1 aromatic carbocycles. The minimum atomic E-state index is 0.317. The first kappa shape index (κ1) is 21.5. The summed E-state index contributed by atoms with van der Waals surface area (Å²) in [6.07, 6.45) is 3.17. The van der Waals surface area contributed by atoms with E-state index in [0.29, 0.717) is 17.7 Å². The minimum absolute atomic E-state index is 0.317. The number of aliphatic imine (C=N–C) groups is 1. The zero-order valence-corrected chi connectivity index (χ0v) is 17.1. The molecule has 0 aliphatic carbocycles. The van der Waals surface area contributed by atoms with Gasteiger partial charge in [0.25, 0.3) is 0 Å². The number of hydrogen-bond donors (Lipinski definition) is 3. The molecule has 1 fully saturated rings. The fraction of sp³-hybridized carbons (Fsp3) is 0.667. The van der Waals surface area contributed by atoms with Crippen LogP contribution in [0.3, 0.4) is 0 Å². The van der Waals surface area contributed by atoms with E-state index in [1.807, 2.05) is 19.2 Å². The fourth-order valence-corrected chi connectivity index (χ4v) is 3.45. The van der Waals surface area contributed by atoms with Gasteiger partial charge < -0.3 is 20.5 Å². The highest BCUT2D eigenvalue weighted by atomic mass is 16.5. The Morgan fingerprint density at radius 1 is 1.19 bits per heavy atom. The van der Waals surface area contributed by atoms with E-state index in [2.05, 4.69) is 34.4 Å². The molecule has 0 spiro atoms. The van der Waals surface area contributed by atoms with Gasteiger partial charge in [0, 0.05) is 39.3 Å². The highest BCUT2D eigenvalue weighted by Crippen LogP contribution is 2.13. The molecule has 0 aromatic heterocycles. The van der Waals surface area contributed by atoms with E-state index in [4.69, 9.17) is 4.74 Å². The lowest BCUT2D eigenvalue weighted by molar-refractivity contribution is 0.0132. The number of morpholine rings is 1. The molecular weight excluding hydrogens is 340 g/mol. The lowest BCUT2D eigenvalue weighted by atomic mass is 10.0. The number of phenols is 1. The molecule has 1 saturated heterocycles. The van der Waals surface area contributed by atoms with Crippen molar-refractivity contribution in [1.29, 1.82) is 0 Å². The van der Waals surface area contributed by atoms with Crippen LogP contribution in [0.4, 0.5) is 0 Å². The third-order valence-electron chi connectivity index (χ3n) is 4.91. The first-order valence-corrected chi connectivity index (χ1v) is 10.1. The van der Waals surface area contributed by atoms with E-state index in [-0.39, 0.29) is 0 Å². The number of guanidine groups is 1. The molecule has 0 amide bonds.